The number of halogens is 1. The highest BCUT2D eigenvalue weighted by molar-refractivity contribution is 5.85. The van der Waals surface area contributed by atoms with Gasteiger partial charge >= 0.3 is 0 Å². The maximum atomic E-state index is 11.5. The number of carbonyl (C=O) groups excluding carboxylic acids is 1. The highest BCUT2D eigenvalue weighted by Gasteiger charge is 2.18. The van der Waals surface area contributed by atoms with Gasteiger partial charge in [-0.1, -0.05) is 20.3 Å². The molecule has 5 heteroatoms. The van der Waals surface area contributed by atoms with Crippen LogP contribution >= 0.6 is 12.4 Å². The van der Waals surface area contributed by atoms with Crippen LogP contribution in [0.5, 0.6) is 0 Å². The molecule has 92 valence electrons. The van der Waals surface area contributed by atoms with E-state index in [9.17, 15) is 4.79 Å². The lowest BCUT2D eigenvalue weighted by Crippen LogP contribution is -2.46. The minimum absolute atomic E-state index is 0. The minimum Gasteiger partial charge on any atom is -0.353 e. The Morgan fingerprint density at radius 3 is 2.40 bits per heavy atom. The average Bonchev–Trinajstić information content (AvgIpc) is 2.14. The summed E-state index contributed by atoms with van der Waals surface area (Å²) in [5.74, 6) is 0.204. The van der Waals surface area contributed by atoms with Crippen LogP contribution in [0.1, 0.15) is 20.3 Å². The van der Waals surface area contributed by atoms with Crippen LogP contribution in [0, 0.1) is 5.92 Å². The van der Waals surface area contributed by atoms with Gasteiger partial charge in [0.15, 0.2) is 0 Å². The van der Waals surface area contributed by atoms with Crippen molar-refractivity contribution < 1.29 is 4.79 Å². The fourth-order valence-electron chi connectivity index (χ4n) is 1.03. The summed E-state index contributed by atoms with van der Waals surface area (Å²) in [6, 6.07) is -0.373. The van der Waals surface area contributed by atoms with Crippen molar-refractivity contribution in [3.8, 4) is 0 Å². The van der Waals surface area contributed by atoms with Crippen LogP contribution in [0.3, 0.4) is 0 Å². The summed E-state index contributed by atoms with van der Waals surface area (Å²) in [7, 11) is 3.95. The second kappa shape index (κ2) is 8.95. The average molecular weight is 238 g/mol. The third-order valence-electron chi connectivity index (χ3n) is 2.42. The standard InChI is InChI=1S/C10H23N3O.ClH/c1-5-8(2)9(11)10(14)12-6-7-13(3)4;/h8-9H,5-7,11H2,1-4H3,(H,12,14);1H. The molecule has 0 aliphatic rings. The fourth-order valence-corrected chi connectivity index (χ4v) is 1.03. The molecule has 4 nitrogen and oxygen atoms in total. The number of rotatable bonds is 6. The SMILES string of the molecule is CCC(C)C(N)C(=O)NCCN(C)C.Cl. The van der Waals surface area contributed by atoms with Crippen molar-refractivity contribution in [2.45, 2.75) is 26.3 Å². The molecule has 0 bridgehead atoms. The quantitative estimate of drug-likeness (QED) is 0.706. The molecule has 15 heavy (non-hydrogen) atoms. The first-order chi connectivity index (χ1) is 6.49. The van der Waals surface area contributed by atoms with E-state index in [1.165, 1.54) is 0 Å². The normalized spacial score (nSPS) is 14.3. The van der Waals surface area contributed by atoms with Crippen LogP contribution in [-0.2, 0) is 4.79 Å². The number of amides is 1. The van der Waals surface area contributed by atoms with E-state index in [0.717, 1.165) is 13.0 Å². The first-order valence-electron chi connectivity index (χ1n) is 5.17. The molecule has 3 N–H and O–H groups in total. The zero-order valence-corrected chi connectivity index (χ0v) is 10.9. The summed E-state index contributed by atoms with van der Waals surface area (Å²) in [5, 5.41) is 2.82. The van der Waals surface area contributed by atoms with Gasteiger partial charge < -0.3 is 16.0 Å². The van der Waals surface area contributed by atoms with E-state index in [2.05, 4.69) is 5.32 Å². The molecule has 0 heterocycles. The predicted octanol–water partition coefficient (Wildman–Crippen LogP) is 0.459. The van der Waals surface area contributed by atoms with Gasteiger partial charge in [-0.25, -0.2) is 0 Å². The number of nitrogens with zero attached hydrogens (tertiary/aromatic N) is 1. The maximum Gasteiger partial charge on any atom is 0.237 e. The highest BCUT2D eigenvalue weighted by Crippen LogP contribution is 2.04. The summed E-state index contributed by atoms with van der Waals surface area (Å²) in [4.78, 5) is 13.5. The highest BCUT2D eigenvalue weighted by atomic mass is 35.5. The molecular formula is C10H24ClN3O. The minimum atomic E-state index is -0.373. The lowest BCUT2D eigenvalue weighted by Gasteiger charge is -2.18. The number of hydrogen-bond donors (Lipinski definition) is 2. The fraction of sp³-hybridized carbons (Fsp3) is 0.900. The summed E-state index contributed by atoms with van der Waals surface area (Å²) in [6.07, 6.45) is 0.933. The van der Waals surface area contributed by atoms with Crippen molar-refractivity contribution in [3.05, 3.63) is 0 Å². The van der Waals surface area contributed by atoms with E-state index in [4.69, 9.17) is 5.73 Å². The van der Waals surface area contributed by atoms with Crippen molar-refractivity contribution in [2.24, 2.45) is 11.7 Å². The largest absolute Gasteiger partial charge is 0.353 e. The number of carbonyl (C=O) groups is 1. The lowest BCUT2D eigenvalue weighted by molar-refractivity contribution is -0.123. The van der Waals surface area contributed by atoms with Gasteiger partial charge in [-0.2, -0.15) is 0 Å². The first kappa shape index (κ1) is 17.1. The van der Waals surface area contributed by atoms with Crippen LogP contribution in [0.15, 0.2) is 0 Å². The van der Waals surface area contributed by atoms with E-state index in [0.29, 0.717) is 6.54 Å². The van der Waals surface area contributed by atoms with Crippen molar-refractivity contribution >= 4 is 18.3 Å². The molecular weight excluding hydrogens is 214 g/mol. The molecule has 0 aromatic rings. The number of nitrogens with one attached hydrogen (secondary N) is 1. The Labute approximate surface area is 99.0 Å². The number of hydrogen-bond acceptors (Lipinski definition) is 3. The van der Waals surface area contributed by atoms with Gasteiger partial charge in [-0.3, -0.25) is 4.79 Å². The summed E-state index contributed by atoms with van der Waals surface area (Å²) < 4.78 is 0. The Bertz CT molecular complexity index is 176. The Balaban J connectivity index is 0. The third kappa shape index (κ3) is 7.59. The molecule has 0 saturated carbocycles. The molecule has 0 aromatic heterocycles. The Hall–Kier alpha value is -0.320. The van der Waals surface area contributed by atoms with Crippen molar-refractivity contribution in [3.63, 3.8) is 0 Å². The molecule has 2 atom stereocenters. The second-order valence-corrected chi connectivity index (χ2v) is 4.01. The summed E-state index contributed by atoms with van der Waals surface area (Å²) in [6.45, 7) is 5.54. The van der Waals surface area contributed by atoms with Crippen molar-refractivity contribution in [1.82, 2.24) is 10.2 Å². The molecule has 1 amide bonds. The van der Waals surface area contributed by atoms with Gasteiger partial charge in [-0.15, -0.1) is 12.4 Å². The van der Waals surface area contributed by atoms with Crippen LogP contribution in [0.2, 0.25) is 0 Å². The molecule has 0 radical (unpaired) electrons. The van der Waals surface area contributed by atoms with E-state index < -0.39 is 0 Å². The molecule has 0 aromatic carbocycles. The molecule has 0 aliphatic carbocycles. The van der Waals surface area contributed by atoms with Crippen LogP contribution < -0.4 is 11.1 Å². The second-order valence-electron chi connectivity index (χ2n) is 4.01. The summed E-state index contributed by atoms with van der Waals surface area (Å²) in [5.41, 5.74) is 5.76. The van der Waals surface area contributed by atoms with Gasteiger partial charge in [-0.05, 0) is 20.0 Å². The van der Waals surface area contributed by atoms with Gasteiger partial charge in [0.2, 0.25) is 5.91 Å². The van der Waals surface area contributed by atoms with Crippen LogP contribution in [0.25, 0.3) is 0 Å². The van der Waals surface area contributed by atoms with E-state index in [1.54, 1.807) is 0 Å². The Kier molecular flexibility index (Phi) is 10.2. The zero-order chi connectivity index (χ0) is 11.1. The zero-order valence-electron chi connectivity index (χ0n) is 10.1. The number of nitrogens with two attached hydrogens (primary N) is 1. The Morgan fingerprint density at radius 1 is 1.47 bits per heavy atom. The van der Waals surface area contributed by atoms with Gasteiger partial charge in [0.1, 0.15) is 0 Å². The van der Waals surface area contributed by atoms with Gasteiger partial charge in [0.05, 0.1) is 6.04 Å². The first-order valence-corrected chi connectivity index (χ1v) is 5.17. The number of likely N-dealkylation sites (N-methyl/N-ethyl adjacent to an activating group) is 1. The predicted molar refractivity (Wildman–Crippen MR) is 66.2 cm³/mol. The van der Waals surface area contributed by atoms with E-state index in [-0.39, 0.29) is 30.3 Å². The van der Waals surface area contributed by atoms with E-state index in [1.807, 2.05) is 32.8 Å². The van der Waals surface area contributed by atoms with Crippen LogP contribution in [0.4, 0.5) is 0 Å². The van der Waals surface area contributed by atoms with Gasteiger partial charge in [0, 0.05) is 13.1 Å². The molecule has 0 saturated heterocycles. The van der Waals surface area contributed by atoms with Crippen LogP contribution in [-0.4, -0.2) is 44.0 Å². The lowest BCUT2D eigenvalue weighted by atomic mass is 9.99. The molecule has 2 unspecified atom stereocenters. The topological polar surface area (TPSA) is 58.4 Å². The summed E-state index contributed by atoms with van der Waals surface area (Å²) >= 11 is 0. The van der Waals surface area contributed by atoms with Gasteiger partial charge in [0.25, 0.3) is 0 Å². The van der Waals surface area contributed by atoms with Crippen molar-refractivity contribution in [2.75, 3.05) is 27.2 Å². The maximum absolute atomic E-state index is 11.5. The monoisotopic (exact) mass is 237 g/mol. The van der Waals surface area contributed by atoms with E-state index >= 15 is 0 Å². The molecule has 0 aliphatic heterocycles. The molecule has 0 rings (SSSR count). The molecule has 0 fully saturated rings. The van der Waals surface area contributed by atoms with Crippen molar-refractivity contribution in [1.29, 1.82) is 0 Å². The Morgan fingerprint density at radius 2 is 2.00 bits per heavy atom. The molecule has 0 spiro atoms. The smallest absolute Gasteiger partial charge is 0.237 e. The third-order valence-corrected chi connectivity index (χ3v) is 2.42.